The van der Waals surface area contributed by atoms with Gasteiger partial charge in [0.1, 0.15) is 11.4 Å². The van der Waals surface area contributed by atoms with E-state index in [0.29, 0.717) is 22.9 Å². The van der Waals surface area contributed by atoms with Crippen LogP contribution in [-0.2, 0) is 13.0 Å². The fourth-order valence-corrected chi connectivity index (χ4v) is 4.00. The maximum absolute atomic E-state index is 12.2. The Bertz CT molecular complexity index is 1060. The van der Waals surface area contributed by atoms with Crippen molar-refractivity contribution in [3.63, 3.8) is 0 Å². The van der Waals surface area contributed by atoms with Gasteiger partial charge in [0.25, 0.3) is 5.91 Å². The second kappa shape index (κ2) is 9.08. The molecule has 0 radical (unpaired) electrons. The monoisotopic (exact) mass is 427 g/mol. The lowest BCUT2D eigenvalue weighted by molar-refractivity contribution is 0.0697. The summed E-state index contributed by atoms with van der Waals surface area (Å²) in [5, 5.41) is 18.7. The Hall–Kier alpha value is -3.20. The minimum Gasteiger partial charge on any atom is -0.478 e. The minimum absolute atomic E-state index is 0.0409. The van der Waals surface area contributed by atoms with Crippen molar-refractivity contribution in [1.82, 2.24) is 14.8 Å². The molecule has 0 bridgehead atoms. The van der Waals surface area contributed by atoms with Crippen molar-refractivity contribution in [1.29, 1.82) is 0 Å². The number of carbonyl (C=O) groups excluding carboxylic acids is 1. The van der Waals surface area contributed by atoms with Crippen molar-refractivity contribution in [3.8, 4) is 0 Å². The lowest BCUT2D eigenvalue weighted by atomic mass is 10.1. The van der Waals surface area contributed by atoms with E-state index in [4.69, 9.17) is 0 Å². The molecule has 0 spiro atoms. The Morgan fingerprint density at radius 2 is 2.10 bits per heavy atom. The van der Waals surface area contributed by atoms with Crippen molar-refractivity contribution in [2.24, 2.45) is 0 Å². The van der Waals surface area contributed by atoms with Crippen LogP contribution in [0.3, 0.4) is 0 Å². The van der Waals surface area contributed by atoms with Crippen molar-refractivity contribution >= 4 is 34.7 Å². The number of hydrogen-bond donors (Lipinski definition) is 2. The van der Waals surface area contributed by atoms with E-state index >= 15 is 0 Å². The number of likely N-dealkylation sites (N-methyl/N-ethyl adjacent to an activating group) is 1. The average Bonchev–Trinajstić information content (AvgIpc) is 3.35. The van der Waals surface area contributed by atoms with Crippen LogP contribution >= 0.6 is 11.3 Å². The number of nitrogens with one attached hydrogen (secondary N) is 1. The smallest absolute Gasteiger partial charge is 0.339 e. The largest absolute Gasteiger partial charge is 0.478 e. The van der Waals surface area contributed by atoms with E-state index in [2.05, 4.69) is 22.3 Å². The van der Waals surface area contributed by atoms with E-state index in [0.717, 1.165) is 24.4 Å². The van der Waals surface area contributed by atoms with E-state index in [9.17, 15) is 14.7 Å². The summed E-state index contributed by atoms with van der Waals surface area (Å²) >= 11 is 1.32. The second-order valence-corrected chi connectivity index (χ2v) is 7.92. The van der Waals surface area contributed by atoms with Gasteiger partial charge >= 0.3 is 5.97 Å². The molecule has 0 fully saturated rings. The molecule has 3 aromatic rings. The summed E-state index contributed by atoms with van der Waals surface area (Å²) in [6.45, 7) is 7.49. The van der Waals surface area contributed by atoms with E-state index in [1.54, 1.807) is 12.1 Å². The number of carbonyl (C=O) groups is 2. The van der Waals surface area contributed by atoms with Crippen molar-refractivity contribution < 1.29 is 14.7 Å². The summed E-state index contributed by atoms with van der Waals surface area (Å²) in [4.78, 5) is 30.7. The van der Waals surface area contributed by atoms with Crippen molar-refractivity contribution in [3.05, 3.63) is 57.2 Å². The van der Waals surface area contributed by atoms with Gasteiger partial charge in [-0.05, 0) is 50.3 Å². The molecule has 3 rings (SSSR count). The van der Waals surface area contributed by atoms with E-state index in [-0.39, 0.29) is 11.5 Å². The van der Waals surface area contributed by atoms with Crippen LogP contribution in [0.5, 0.6) is 0 Å². The highest BCUT2D eigenvalue weighted by Gasteiger charge is 2.19. The molecule has 0 aliphatic rings. The zero-order chi connectivity index (χ0) is 21.8. The Balaban J connectivity index is 1.77. The van der Waals surface area contributed by atoms with Crippen LogP contribution in [0.4, 0.5) is 11.5 Å². The minimum atomic E-state index is -1.09. The predicted molar refractivity (Wildman–Crippen MR) is 118 cm³/mol. The first-order valence-corrected chi connectivity index (χ1v) is 10.5. The summed E-state index contributed by atoms with van der Waals surface area (Å²) < 4.78 is 1.97. The van der Waals surface area contributed by atoms with Gasteiger partial charge < -0.3 is 15.3 Å². The molecule has 9 heteroatoms. The topological polar surface area (TPSA) is 100 Å². The van der Waals surface area contributed by atoms with Crippen LogP contribution in [0.15, 0.2) is 29.8 Å². The second-order valence-electron chi connectivity index (χ2n) is 6.97. The van der Waals surface area contributed by atoms with E-state index in [1.807, 2.05) is 35.9 Å². The van der Waals surface area contributed by atoms with Crippen LogP contribution in [0, 0.1) is 13.8 Å². The summed E-state index contributed by atoms with van der Waals surface area (Å²) in [5.41, 5.74) is 3.67. The fraction of sp³-hybridized carbons (Fsp3) is 0.333. The Morgan fingerprint density at radius 3 is 2.70 bits per heavy atom. The molecule has 30 heavy (non-hydrogen) atoms. The third kappa shape index (κ3) is 4.51. The Labute approximate surface area is 179 Å². The number of aromatic nitrogens is 3. The van der Waals surface area contributed by atoms with Crippen LogP contribution in [0.1, 0.15) is 43.9 Å². The summed E-state index contributed by atoms with van der Waals surface area (Å²) in [5.74, 6) is -1.03. The summed E-state index contributed by atoms with van der Waals surface area (Å²) in [6, 6.07) is 4.93. The number of carboxylic acid groups (broad SMARTS) is 1. The van der Waals surface area contributed by atoms with Gasteiger partial charge in [-0.15, -0.1) is 11.3 Å². The van der Waals surface area contributed by atoms with Gasteiger partial charge in [-0.3, -0.25) is 9.48 Å². The van der Waals surface area contributed by atoms with E-state index < -0.39 is 5.97 Å². The SMILES string of the molecule is CCn1nc(C)c(CCN(C)c2ncc(NC(=O)c3cccs3)cc2C(=O)O)c1C. The molecule has 1 amide bonds. The van der Waals surface area contributed by atoms with Gasteiger partial charge in [-0.2, -0.15) is 5.10 Å². The number of anilines is 2. The molecule has 0 saturated heterocycles. The molecule has 0 atom stereocenters. The first-order valence-electron chi connectivity index (χ1n) is 9.64. The third-order valence-corrected chi connectivity index (χ3v) is 5.86. The summed E-state index contributed by atoms with van der Waals surface area (Å²) in [7, 11) is 1.81. The van der Waals surface area contributed by atoms with Crippen LogP contribution < -0.4 is 10.2 Å². The molecule has 3 heterocycles. The molecular formula is C21H25N5O3S. The average molecular weight is 428 g/mol. The molecule has 3 aromatic heterocycles. The number of pyridine rings is 1. The van der Waals surface area contributed by atoms with Crippen LogP contribution in [0.25, 0.3) is 0 Å². The molecule has 158 valence electrons. The van der Waals surface area contributed by atoms with Gasteiger partial charge in [0, 0.05) is 25.8 Å². The maximum Gasteiger partial charge on any atom is 0.339 e. The van der Waals surface area contributed by atoms with Crippen molar-refractivity contribution in [2.75, 3.05) is 23.8 Å². The zero-order valence-electron chi connectivity index (χ0n) is 17.5. The molecule has 0 aromatic carbocycles. The Kier molecular flexibility index (Phi) is 6.51. The fourth-order valence-electron chi connectivity index (χ4n) is 3.38. The molecule has 0 aliphatic heterocycles. The lowest BCUT2D eigenvalue weighted by Crippen LogP contribution is -2.24. The number of carboxylic acids is 1. The normalized spacial score (nSPS) is 10.8. The van der Waals surface area contributed by atoms with Crippen molar-refractivity contribution in [2.45, 2.75) is 33.7 Å². The van der Waals surface area contributed by atoms with Gasteiger partial charge in [0.2, 0.25) is 0 Å². The first-order chi connectivity index (χ1) is 14.3. The standard InChI is InChI=1S/C21H25N5O3S/c1-5-26-14(3)16(13(2)24-26)8-9-25(4)19-17(21(28)29)11-15(12-22-19)23-20(27)18-7-6-10-30-18/h6-7,10-12H,5,8-9H2,1-4H3,(H,23,27)(H,28,29). The number of hydrogen-bond acceptors (Lipinski definition) is 6. The predicted octanol–water partition coefficient (Wildman–Crippen LogP) is 3.61. The van der Waals surface area contributed by atoms with Crippen LogP contribution in [0.2, 0.25) is 0 Å². The van der Waals surface area contributed by atoms with Gasteiger partial charge in [0.15, 0.2) is 0 Å². The number of nitrogens with zero attached hydrogens (tertiary/aromatic N) is 4. The summed E-state index contributed by atoms with van der Waals surface area (Å²) in [6.07, 6.45) is 2.21. The molecule has 2 N–H and O–H groups in total. The van der Waals surface area contributed by atoms with E-state index in [1.165, 1.54) is 29.2 Å². The Morgan fingerprint density at radius 1 is 1.33 bits per heavy atom. The van der Waals surface area contributed by atoms with Gasteiger partial charge in [-0.1, -0.05) is 6.07 Å². The molecular weight excluding hydrogens is 402 g/mol. The highest BCUT2D eigenvalue weighted by atomic mass is 32.1. The number of aromatic carboxylic acids is 1. The molecule has 8 nitrogen and oxygen atoms in total. The highest BCUT2D eigenvalue weighted by Crippen LogP contribution is 2.23. The van der Waals surface area contributed by atoms with Gasteiger partial charge in [-0.25, -0.2) is 9.78 Å². The number of aryl methyl sites for hydroxylation is 2. The van der Waals surface area contributed by atoms with Crippen LogP contribution in [-0.4, -0.2) is 45.3 Å². The van der Waals surface area contributed by atoms with Gasteiger partial charge in [0.05, 0.1) is 22.5 Å². The molecule has 0 saturated carbocycles. The third-order valence-electron chi connectivity index (χ3n) is 4.99. The molecule has 0 aliphatic carbocycles. The zero-order valence-corrected chi connectivity index (χ0v) is 18.3. The quantitative estimate of drug-likeness (QED) is 0.570. The molecule has 0 unspecified atom stereocenters. The number of thiophene rings is 1. The highest BCUT2D eigenvalue weighted by molar-refractivity contribution is 7.12. The number of amides is 1. The number of rotatable bonds is 8. The maximum atomic E-state index is 12.2. The first kappa shape index (κ1) is 21.5. The lowest BCUT2D eigenvalue weighted by Gasteiger charge is -2.20.